The lowest BCUT2D eigenvalue weighted by molar-refractivity contribution is 0.329. The largest absolute Gasteiger partial charge is 0.507 e. The second-order valence-corrected chi connectivity index (χ2v) is 5.20. The van der Waals surface area contributed by atoms with E-state index in [1.54, 1.807) is 0 Å². The minimum absolute atomic E-state index is 0.208. The van der Waals surface area contributed by atoms with E-state index in [9.17, 15) is 5.11 Å². The van der Waals surface area contributed by atoms with Crippen LogP contribution in [-0.4, -0.2) is 10.6 Å². The average molecular weight is 235 g/mol. The molecule has 2 nitrogen and oxygen atoms in total. The normalized spacial score (nSPS) is 11.8. The van der Waals surface area contributed by atoms with E-state index < -0.39 is 0 Å². The molecule has 0 aliphatic heterocycles. The van der Waals surface area contributed by atoms with Gasteiger partial charge in [-0.15, -0.1) is 0 Å². The Balaban J connectivity index is 2.76. The molecule has 0 saturated heterocycles. The van der Waals surface area contributed by atoms with Crippen LogP contribution in [0.2, 0.25) is 0 Å². The average Bonchev–Trinajstić information content (AvgIpc) is 2.32. The number of benzene rings is 1. The zero-order chi connectivity index (χ0) is 13.1. The molecule has 96 valence electrons. The molecule has 1 aromatic rings. The lowest BCUT2D eigenvalue weighted by Crippen LogP contribution is -2.40. The predicted octanol–water partition coefficient (Wildman–Crippen LogP) is 3.68. The van der Waals surface area contributed by atoms with Crippen LogP contribution in [0.25, 0.3) is 0 Å². The summed E-state index contributed by atoms with van der Waals surface area (Å²) < 4.78 is 0. The van der Waals surface area contributed by atoms with E-state index in [0.717, 1.165) is 30.5 Å². The lowest BCUT2D eigenvalue weighted by Gasteiger charge is -2.28. The van der Waals surface area contributed by atoms with Gasteiger partial charge in [0.05, 0.1) is 0 Å². The van der Waals surface area contributed by atoms with Gasteiger partial charge in [-0.05, 0) is 50.3 Å². The molecule has 0 saturated carbocycles. The van der Waals surface area contributed by atoms with Gasteiger partial charge in [-0.3, -0.25) is 0 Å². The van der Waals surface area contributed by atoms with Crippen LogP contribution in [0.4, 0.5) is 0 Å². The monoisotopic (exact) mass is 235 g/mol. The molecule has 0 aliphatic carbocycles. The molecule has 0 radical (unpaired) electrons. The standard InChI is InChI=1S/C15H25NO/c1-6-15(5,7-2)16-10-13-8-11(3)14(17)12(4)9-13/h8-9,16-17H,6-7,10H2,1-5H3. The molecule has 2 heteroatoms. The van der Waals surface area contributed by atoms with Gasteiger partial charge in [-0.1, -0.05) is 26.0 Å². The Labute approximate surface area is 105 Å². The van der Waals surface area contributed by atoms with Gasteiger partial charge in [0.1, 0.15) is 5.75 Å². The van der Waals surface area contributed by atoms with Crippen LogP contribution >= 0.6 is 0 Å². The van der Waals surface area contributed by atoms with E-state index in [4.69, 9.17) is 0 Å². The van der Waals surface area contributed by atoms with Crippen LogP contribution in [0.5, 0.6) is 5.75 Å². The summed E-state index contributed by atoms with van der Waals surface area (Å²) in [6.45, 7) is 11.4. The van der Waals surface area contributed by atoms with E-state index in [2.05, 4.69) is 38.2 Å². The summed E-state index contributed by atoms with van der Waals surface area (Å²) in [6, 6.07) is 4.11. The number of phenolic OH excluding ortho intramolecular Hbond substituents is 1. The fourth-order valence-electron chi connectivity index (χ4n) is 1.96. The smallest absolute Gasteiger partial charge is 0.121 e. The van der Waals surface area contributed by atoms with Crippen molar-refractivity contribution in [2.24, 2.45) is 0 Å². The van der Waals surface area contributed by atoms with Gasteiger partial charge in [0.15, 0.2) is 0 Å². The van der Waals surface area contributed by atoms with Gasteiger partial charge < -0.3 is 10.4 Å². The molecule has 0 bridgehead atoms. The van der Waals surface area contributed by atoms with Gasteiger partial charge >= 0.3 is 0 Å². The number of aromatic hydroxyl groups is 1. The summed E-state index contributed by atoms with van der Waals surface area (Å²) in [6.07, 6.45) is 2.25. The third-order valence-corrected chi connectivity index (χ3v) is 3.83. The maximum Gasteiger partial charge on any atom is 0.121 e. The Bertz CT molecular complexity index is 358. The fraction of sp³-hybridized carbons (Fsp3) is 0.600. The first-order valence-electron chi connectivity index (χ1n) is 6.46. The molecule has 0 aromatic heterocycles. The molecule has 1 rings (SSSR count). The molecule has 2 N–H and O–H groups in total. The summed E-state index contributed by atoms with van der Waals surface area (Å²) in [4.78, 5) is 0. The summed E-state index contributed by atoms with van der Waals surface area (Å²) in [7, 11) is 0. The highest BCUT2D eigenvalue weighted by atomic mass is 16.3. The minimum Gasteiger partial charge on any atom is -0.507 e. The molecule has 0 spiro atoms. The topological polar surface area (TPSA) is 32.3 Å². The molecular weight excluding hydrogens is 210 g/mol. The van der Waals surface area contributed by atoms with E-state index in [-0.39, 0.29) is 5.54 Å². The molecule has 0 atom stereocenters. The number of hydrogen-bond acceptors (Lipinski definition) is 2. The quantitative estimate of drug-likeness (QED) is 0.816. The summed E-state index contributed by atoms with van der Waals surface area (Å²) in [5.74, 6) is 0.419. The molecule has 0 amide bonds. The summed E-state index contributed by atoms with van der Waals surface area (Å²) >= 11 is 0. The lowest BCUT2D eigenvalue weighted by atomic mass is 9.95. The zero-order valence-corrected chi connectivity index (χ0v) is 11.7. The first kappa shape index (κ1) is 14.0. The second kappa shape index (κ2) is 5.54. The van der Waals surface area contributed by atoms with Crippen molar-refractivity contribution in [2.75, 3.05) is 0 Å². The zero-order valence-electron chi connectivity index (χ0n) is 11.7. The highest BCUT2D eigenvalue weighted by Gasteiger charge is 2.18. The van der Waals surface area contributed by atoms with Gasteiger partial charge in [0, 0.05) is 12.1 Å². The van der Waals surface area contributed by atoms with Crippen LogP contribution in [0.3, 0.4) is 0 Å². The van der Waals surface area contributed by atoms with Crippen molar-refractivity contribution >= 4 is 0 Å². The van der Waals surface area contributed by atoms with Crippen molar-refractivity contribution in [2.45, 2.75) is 59.5 Å². The minimum atomic E-state index is 0.208. The number of aryl methyl sites for hydroxylation is 2. The number of rotatable bonds is 5. The van der Waals surface area contributed by atoms with E-state index in [1.165, 1.54) is 5.56 Å². The van der Waals surface area contributed by atoms with Crippen molar-refractivity contribution in [1.82, 2.24) is 5.32 Å². The highest BCUT2D eigenvalue weighted by molar-refractivity contribution is 5.42. The van der Waals surface area contributed by atoms with Crippen molar-refractivity contribution in [1.29, 1.82) is 0 Å². The van der Waals surface area contributed by atoms with E-state index in [1.807, 2.05) is 13.8 Å². The Kier molecular flexibility index (Phi) is 4.58. The maximum atomic E-state index is 9.73. The first-order valence-corrected chi connectivity index (χ1v) is 6.46. The first-order chi connectivity index (χ1) is 7.91. The van der Waals surface area contributed by atoms with Crippen molar-refractivity contribution < 1.29 is 5.11 Å². The van der Waals surface area contributed by atoms with Crippen LogP contribution in [0, 0.1) is 13.8 Å². The van der Waals surface area contributed by atoms with Crippen LogP contribution < -0.4 is 5.32 Å². The summed E-state index contributed by atoms with van der Waals surface area (Å²) in [5.41, 5.74) is 3.36. The second-order valence-electron chi connectivity index (χ2n) is 5.20. The molecule has 0 unspecified atom stereocenters. The highest BCUT2D eigenvalue weighted by Crippen LogP contribution is 2.23. The van der Waals surface area contributed by atoms with E-state index in [0.29, 0.717) is 5.75 Å². The van der Waals surface area contributed by atoms with Gasteiger partial charge in [0.25, 0.3) is 0 Å². The van der Waals surface area contributed by atoms with Crippen LogP contribution in [-0.2, 0) is 6.54 Å². The SMILES string of the molecule is CCC(C)(CC)NCc1cc(C)c(O)c(C)c1. The molecule has 17 heavy (non-hydrogen) atoms. The Morgan fingerprint density at radius 1 is 1.12 bits per heavy atom. The Morgan fingerprint density at radius 3 is 2.00 bits per heavy atom. The van der Waals surface area contributed by atoms with Gasteiger partial charge in [-0.2, -0.15) is 0 Å². The van der Waals surface area contributed by atoms with E-state index >= 15 is 0 Å². The van der Waals surface area contributed by atoms with Crippen molar-refractivity contribution in [3.63, 3.8) is 0 Å². The molecular formula is C15H25NO. The third-order valence-electron chi connectivity index (χ3n) is 3.83. The van der Waals surface area contributed by atoms with Crippen molar-refractivity contribution in [3.05, 3.63) is 28.8 Å². The molecule has 1 aromatic carbocycles. The Hall–Kier alpha value is -1.02. The number of nitrogens with one attached hydrogen (secondary N) is 1. The molecule has 0 fully saturated rings. The number of hydrogen-bond donors (Lipinski definition) is 2. The van der Waals surface area contributed by atoms with Gasteiger partial charge in [0.2, 0.25) is 0 Å². The number of phenols is 1. The predicted molar refractivity (Wildman–Crippen MR) is 73.4 cm³/mol. The van der Waals surface area contributed by atoms with Crippen LogP contribution in [0.1, 0.15) is 50.3 Å². The van der Waals surface area contributed by atoms with Crippen molar-refractivity contribution in [3.8, 4) is 5.75 Å². The fourth-order valence-corrected chi connectivity index (χ4v) is 1.96. The maximum absolute atomic E-state index is 9.73. The van der Waals surface area contributed by atoms with Gasteiger partial charge in [-0.25, -0.2) is 0 Å². The molecule has 0 heterocycles. The Morgan fingerprint density at radius 2 is 1.59 bits per heavy atom. The molecule has 0 aliphatic rings. The van der Waals surface area contributed by atoms with Crippen LogP contribution in [0.15, 0.2) is 12.1 Å². The summed E-state index contributed by atoms with van der Waals surface area (Å²) in [5, 5.41) is 13.3. The third kappa shape index (κ3) is 3.47.